The lowest BCUT2D eigenvalue weighted by Gasteiger charge is -2.01. The van der Waals surface area contributed by atoms with E-state index in [9.17, 15) is 4.79 Å². The molecule has 0 saturated heterocycles. The molecule has 3 heteroatoms. The van der Waals surface area contributed by atoms with Gasteiger partial charge < -0.3 is 5.32 Å². The molecule has 0 fully saturated rings. The van der Waals surface area contributed by atoms with Crippen molar-refractivity contribution in [2.75, 3.05) is 13.6 Å². The lowest BCUT2D eigenvalue weighted by molar-refractivity contribution is 0.0958. The minimum Gasteiger partial charge on any atom is -0.341 e. The number of aliphatic imine (C=N–C) groups is 1. The molecular formula is C12H12N2O. The number of benzene rings is 1. The summed E-state index contributed by atoms with van der Waals surface area (Å²) in [6.45, 7) is 0.247. The maximum Gasteiger partial charge on any atom is 0.252 e. The van der Waals surface area contributed by atoms with Crippen LogP contribution in [0.3, 0.4) is 0 Å². The van der Waals surface area contributed by atoms with Gasteiger partial charge in [0.2, 0.25) is 0 Å². The molecule has 1 N–H and O–H groups in total. The SMILES string of the molecule is C#CCNC(=O)c1ccc(/C=N/C)cc1. The molecule has 1 aromatic rings. The van der Waals surface area contributed by atoms with Crippen LogP contribution >= 0.6 is 0 Å². The molecule has 0 aliphatic carbocycles. The van der Waals surface area contributed by atoms with Crippen LogP contribution in [0.2, 0.25) is 0 Å². The first kappa shape index (κ1) is 11.0. The Morgan fingerprint density at radius 2 is 2.20 bits per heavy atom. The maximum absolute atomic E-state index is 11.4. The average molecular weight is 200 g/mol. The Morgan fingerprint density at radius 1 is 1.53 bits per heavy atom. The zero-order valence-corrected chi connectivity index (χ0v) is 8.53. The molecule has 0 spiro atoms. The average Bonchev–Trinajstić information content (AvgIpc) is 2.27. The number of nitrogens with one attached hydrogen (secondary N) is 1. The van der Waals surface area contributed by atoms with Crippen molar-refractivity contribution >= 4 is 12.1 Å². The summed E-state index contributed by atoms with van der Waals surface area (Å²) in [6, 6.07) is 7.14. The summed E-state index contributed by atoms with van der Waals surface area (Å²) in [5.74, 6) is 2.19. The number of hydrogen-bond donors (Lipinski definition) is 1. The van der Waals surface area contributed by atoms with Crippen LogP contribution in [0.25, 0.3) is 0 Å². The van der Waals surface area contributed by atoms with E-state index in [0.29, 0.717) is 5.56 Å². The third-order valence-electron chi connectivity index (χ3n) is 1.80. The van der Waals surface area contributed by atoms with E-state index in [1.54, 1.807) is 25.4 Å². The van der Waals surface area contributed by atoms with Crippen molar-refractivity contribution in [2.45, 2.75) is 0 Å². The Hall–Kier alpha value is -2.08. The zero-order valence-electron chi connectivity index (χ0n) is 8.53. The van der Waals surface area contributed by atoms with Gasteiger partial charge in [0, 0.05) is 18.8 Å². The van der Waals surface area contributed by atoms with Crippen LogP contribution in [0.5, 0.6) is 0 Å². The molecule has 0 unspecified atom stereocenters. The van der Waals surface area contributed by atoms with E-state index in [0.717, 1.165) is 5.56 Å². The Balaban J connectivity index is 2.72. The van der Waals surface area contributed by atoms with Crippen molar-refractivity contribution in [3.8, 4) is 12.3 Å². The minimum atomic E-state index is -0.159. The molecule has 0 atom stereocenters. The van der Waals surface area contributed by atoms with Crippen LogP contribution in [0.1, 0.15) is 15.9 Å². The Bertz CT molecular complexity index is 399. The Labute approximate surface area is 89.2 Å². The number of carbonyl (C=O) groups excluding carboxylic acids is 1. The number of nitrogens with zero attached hydrogens (tertiary/aromatic N) is 1. The van der Waals surface area contributed by atoms with Crippen molar-refractivity contribution in [3.05, 3.63) is 35.4 Å². The summed E-state index contributed by atoms with van der Waals surface area (Å²) in [6.07, 6.45) is 6.76. The first-order valence-electron chi connectivity index (χ1n) is 4.52. The molecule has 0 saturated carbocycles. The molecule has 0 aliphatic rings. The largest absolute Gasteiger partial charge is 0.341 e. The highest BCUT2D eigenvalue weighted by Crippen LogP contribution is 2.02. The molecule has 0 aliphatic heterocycles. The van der Waals surface area contributed by atoms with Crippen LogP contribution in [0.15, 0.2) is 29.3 Å². The predicted octanol–water partition coefficient (Wildman–Crippen LogP) is 1.10. The second-order valence-corrected chi connectivity index (χ2v) is 2.90. The number of amides is 1. The second-order valence-electron chi connectivity index (χ2n) is 2.90. The van der Waals surface area contributed by atoms with Gasteiger partial charge in [-0.2, -0.15) is 0 Å². The van der Waals surface area contributed by atoms with Crippen LogP contribution < -0.4 is 5.32 Å². The highest BCUT2D eigenvalue weighted by atomic mass is 16.1. The van der Waals surface area contributed by atoms with Gasteiger partial charge in [-0.15, -0.1) is 6.42 Å². The number of hydrogen-bond acceptors (Lipinski definition) is 2. The predicted molar refractivity (Wildman–Crippen MR) is 61.1 cm³/mol. The van der Waals surface area contributed by atoms with E-state index in [4.69, 9.17) is 6.42 Å². The fraction of sp³-hybridized carbons (Fsp3) is 0.167. The fourth-order valence-electron chi connectivity index (χ4n) is 1.10. The van der Waals surface area contributed by atoms with Gasteiger partial charge in [-0.3, -0.25) is 9.79 Å². The summed E-state index contributed by atoms with van der Waals surface area (Å²) < 4.78 is 0. The molecule has 0 radical (unpaired) electrons. The van der Waals surface area contributed by atoms with E-state index in [1.165, 1.54) is 0 Å². The van der Waals surface area contributed by atoms with Gasteiger partial charge in [-0.05, 0) is 17.7 Å². The van der Waals surface area contributed by atoms with Gasteiger partial charge >= 0.3 is 0 Å². The molecule has 0 aromatic heterocycles. The van der Waals surface area contributed by atoms with Crippen molar-refractivity contribution in [2.24, 2.45) is 4.99 Å². The summed E-state index contributed by atoms with van der Waals surface area (Å²) in [5, 5.41) is 2.59. The van der Waals surface area contributed by atoms with E-state index in [-0.39, 0.29) is 12.5 Å². The van der Waals surface area contributed by atoms with Gasteiger partial charge in [-0.1, -0.05) is 18.1 Å². The molecule has 0 bridgehead atoms. The summed E-state index contributed by atoms with van der Waals surface area (Å²) in [7, 11) is 1.70. The topological polar surface area (TPSA) is 41.5 Å². The standard InChI is InChI=1S/C12H12N2O/c1-3-8-14-12(15)11-6-4-10(5-7-11)9-13-2/h1,4-7,9H,8H2,2H3,(H,14,15)/b13-9+. The molecular weight excluding hydrogens is 188 g/mol. The zero-order chi connectivity index (χ0) is 11.1. The van der Waals surface area contributed by atoms with Gasteiger partial charge in [0.25, 0.3) is 5.91 Å². The highest BCUT2D eigenvalue weighted by molar-refractivity contribution is 5.95. The summed E-state index contributed by atoms with van der Waals surface area (Å²) >= 11 is 0. The monoisotopic (exact) mass is 200 g/mol. The first-order valence-corrected chi connectivity index (χ1v) is 4.52. The van der Waals surface area contributed by atoms with Gasteiger partial charge in [0.05, 0.1) is 6.54 Å². The Morgan fingerprint density at radius 3 is 2.73 bits per heavy atom. The lowest BCUT2D eigenvalue weighted by Crippen LogP contribution is -2.23. The summed E-state index contributed by atoms with van der Waals surface area (Å²) in [5.41, 5.74) is 1.56. The lowest BCUT2D eigenvalue weighted by atomic mass is 10.1. The van der Waals surface area contributed by atoms with Gasteiger partial charge in [0.1, 0.15) is 0 Å². The van der Waals surface area contributed by atoms with Gasteiger partial charge in [0.15, 0.2) is 0 Å². The van der Waals surface area contributed by atoms with Crippen molar-refractivity contribution in [1.29, 1.82) is 0 Å². The van der Waals surface area contributed by atoms with Crippen LogP contribution in [0, 0.1) is 12.3 Å². The second kappa shape index (κ2) is 5.61. The molecule has 15 heavy (non-hydrogen) atoms. The highest BCUT2D eigenvalue weighted by Gasteiger charge is 2.02. The maximum atomic E-state index is 11.4. The smallest absolute Gasteiger partial charge is 0.252 e. The minimum absolute atomic E-state index is 0.159. The van der Waals surface area contributed by atoms with Crippen LogP contribution in [-0.4, -0.2) is 25.7 Å². The quantitative estimate of drug-likeness (QED) is 0.576. The Kier molecular flexibility index (Phi) is 4.11. The van der Waals surface area contributed by atoms with Gasteiger partial charge in [-0.25, -0.2) is 0 Å². The van der Waals surface area contributed by atoms with Crippen LogP contribution in [0.4, 0.5) is 0 Å². The van der Waals surface area contributed by atoms with Crippen molar-refractivity contribution < 1.29 is 4.79 Å². The molecule has 1 rings (SSSR count). The third-order valence-corrected chi connectivity index (χ3v) is 1.80. The van der Waals surface area contributed by atoms with E-state index < -0.39 is 0 Å². The fourth-order valence-corrected chi connectivity index (χ4v) is 1.10. The third kappa shape index (κ3) is 3.28. The van der Waals surface area contributed by atoms with E-state index in [2.05, 4.69) is 16.2 Å². The van der Waals surface area contributed by atoms with Crippen molar-refractivity contribution in [3.63, 3.8) is 0 Å². The molecule has 76 valence electrons. The number of terminal acetylenes is 1. The number of carbonyl (C=O) groups is 1. The summed E-state index contributed by atoms with van der Waals surface area (Å²) in [4.78, 5) is 15.3. The first-order chi connectivity index (χ1) is 7.27. The van der Waals surface area contributed by atoms with E-state index in [1.807, 2.05) is 12.1 Å². The molecule has 1 aromatic carbocycles. The van der Waals surface area contributed by atoms with Crippen LogP contribution in [-0.2, 0) is 0 Å². The number of rotatable bonds is 3. The van der Waals surface area contributed by atoms with E-state index >= 15 is 0 Å². The normalized spacial score (nSPS) is 9.87. The van der Waals surface area contributed by atoms with Crippen molar-refractivity contribution in [1.82, 2.24) is 5.32 Å². The molecule has 1 amide bonds. The molecule has 3 nitrogen and oxygen atoms in total. The molecule has 0 heterocycles.